The molecule has 0 aliphatic heterocycles. The van der Waals surface area contributed by atoms with E-state index >= 15 is 0 Å². The van der Waals surface area contributed by atoms with E-state index in [1.807, 2.05) is 13.0 Å². The minimum absolute atomic E-state index is 0.717. The summed E-state index contributed by atoms with van der Waals surface area (Å²) in [6.07, 6.45) is 3.36. The lowest BCUT2D eigenvalue weighted by atomic mass is 10.2. The Hall–Kier alpha value is -2.07. The number of hydrogen-bond acceptors (Lipinski definition) is 3. The van der Waals surface area contributed by atoms with Gasteiger partial charge in [-0.05, 0) is 31.5 Å². The van der Waals surface area contributed by atoms with Gasteiger partial charge in [0.15, 0.2) is 5.76 Å². The number of nitrogens with zero attached hydrogens (tertiary/aromatic N) is 2. The predicted octanol–water partition coefficient (Wildman–Crippen LogP) is 3.49. The predicted molar refractivity (Wildman–Crippen MR) is 84.3 cm³/mol. The number of benzene rings is 1. The molecule has 1 aromatic carbocycles. The van der Waals surface area contributed by atoms with E-state index in [1.54, 1.807) is 0 Å². The summed E-state index contributed by atoms with van der Waals surface area (Å²) in [5.74, 6) is 0.890. The zero-order chi connectivity index (χ0) is 14.7. The minimum Gasteiger partial charge on any atom is -0.359 e. The average molecular weight is 283 g/mol. The smallest absolute Gasteiger partial charge is 0.156 e. The molecule has 0 spiro atoms. The van der Waals surface area contributed by atoms with Crippen molar-refractivity contribution in [2.24, 2.45) is 0 Å². The van der Waals surface area contributed by atoms with E-state index in [0.717, 1.165) is 37.5 Å². The Morgan fingerprint density at radius 2 is 2.14 bits per heavy atom. The van der Waals surface area contributed by atoms with Crippen LogP contribution in [0.2, 0.25) is 0 Å². The first kappa shape index (κ1) is 13.9. The summed E-state index contributed by atoms with van der Waals surface area (Å²) in [5, 5.41) is 8.74. The second-order valence-corrected chi connectivity index (χ2v) is 5.41. The van der Waals surface area contributed by atoms with E-state index in [2.05, 4.69) is 52.4 Å². The van der Waals surface area contributed by atoms with Crippen LogP contribution in [0.5, 0.6) is 0 Å². The molecule has 0 saturated carbocycles. The topological polar surface area (TPSA) is 43.0 Å². The second kappa shape index (κ2) is 6.14. The zero-order valence-corrected chi connectivity index (χ0v) is 12.6. The van der Waals surface area contributed by atoms with E-state index in [-0.39, 0.29) is 0 Å². The summed E-state index contributed by atoms with van der Waals surface area (Å²) in [6, 6.07) is 10.5. The molecule has 0 aliphatic carbocycles. The van der Waals surface area contributed by atoms with Crippen LogP contribution in [-0.2, 0) is 13.1 Å². The summed E-state index contributed by atoms with van der Waals surface area (Å²) < 4.78 is 7.57. The van der Waals surface area contributed by atoms with Crippen LogP contribution in [0.15, 0.2) is 41.1 Å². The fraction of sp³-hybridized carbons (Fsp3) is 0.353. The molecule has 110 valence electrons. The highest BCUT2D eigenvalue weighted by Crippen LogP contribution is 2.22. The van der Waals surface area contributed by atoms with E-state index in [4.69, 9.17) is 4.52 Å². The fourth-order valence-electron chi connectivity index (χ4n) is 2.65. The largest absolute Gasteiger partial charge is 0.359 e. The minimum atomic E-state index is 0.717. The van der Waals surface area contributed by atoms with Gasteiger partial charge in [0.2, 0.25) is 0 Å². The van der Waals surface area contributed by atoms with Crippen LogP contribution < -0.4 is 5.32 Å². The van der Waals surface area contributed by atoms with Crippen molar-refractivity contribution >= 4 is 10.9 Å². The van der Waals surface area contributed by atoms with Crippen molar-refractivity contribution in [2.45, 2.75) is 33.4 Å². The van der Waals surface area contributed by atoms with Crippen molar-refractivity contribution in [1.82, 2.24) is 15.0 Å². The molecule has 21 heavy (non-hydrogen) atoms. The molecular formula is C17H21N3O. The summed E-state index contributed by atoms with van der Waals surface area (Å²) in [6.45, 7) is 6.79. The summed E-state index contributed by atoms with van der Waals surface area (Å²) in [7, 11) is 0. The molecule has 0 bridgehead atoms. The van der Waals surface area contributed by atoms with Crippen LogP contribution in [0.3, 0.4) is 0 Å². The molecule has 0 fully saturated rings. The molecular weight excluding hydrogens is 262 g/mol. The number of aryl methyl sites for hydroxylation is 1. The third-order valence-corrected chi connectivity index (χ3v) is 3.62. The highest BCUT2D eigenvalue weighted by molar-refractivity contribution is 5.84. The van der Waals surface area contributed by atoms with Crippen LogP contribution in [0.25, 0.3) is 10.9 Å². The molecule has 0 atom stereocenters. The summed E-state index contributed by atoms with van der Waals surface area (Å²) >= 11 is 0. The molecule has 0 amide bonds. The Bertz CT molecular complexity index is 727. The van der Waals surface area contributed by atoms with Crippen molar-refractivity contribution in [3.05, 3.63) is 53.5 Å². The number of hydrogen-bond donors (Lipinski definition) is 1. The SMILES string of the molecule is CCCNCc1cn(Cc2cc(C)no2)c2ccccc12. The number of para-hydroxylation sites is 1. The zero-order valence-electron chi connectivity index (χ0n) is 12.6. The van der Waals surface area contributed by atoms with Crippen LogP contribution in [0.1, 0.15) is 30.4 Å². The molecule has 2 heterocycles. The monoisotopic (exact) mass is 283 g/mol. The molecule has 0 unspecified atom stereocenters. The number of aromatic nitrogens is 2. The number of rotatable bonds is 6. The van der Waals surface area contributed by atoms with Gasteiger partial charge in [0.05, 0.1) is 12.2 Å². The highest BCUT2D eigenvalue weighted by Gasteiger charge is 2.10. The Morgan fingerprint density at radius 1 is 1.29 bits per heavy atom. The maximum Gasteiger partial charge on any atom is 0.156 e. The van der Waals surface area contributed by atoms with Gasteiger partial charge < -0.3 is 14.4 Å². The Labute approximate surface area is 124 Å². The molecule has 1 N–H and O–H groups in total. The molecule has 0 radical (unpaired) electrons. The van der Waals surface area contributed by atoms with Gasteiger partial charge in [-0.15, -0.1) is 0 Å². The normalized spacial score (nSPS) is 11.3. The Balaban J connectivity index is 1.90. The fourth-order valence-corrected chi connectivity index (χ4v) is 2.65. The molecule has 0 saturated heterocycles. The molecule has 2 aromatic heterocycles. The van der Waals surface area contributed by atoms with Gasteiger partial charge >= 0.3 is 0 Å². The first-order valence-electron chi connectivity index (χ1n) is 7.47. The van der Waals surface area contributed by atoms with Crippen molar-refractivity contribution in [3.8, 4) is 0 Å². The maximum atomic E-state index is 5.34. The lowest BCUT2D eigenvalue weighted by Crippen LogP contribution is -2.13. The van der Waals surface area contributed by atoms with Gasteiger partial charge in [0.25, 0.3) is 0 Å². The third-order valence-electron chi connectivity index (χ3n) is 3.62. The molecule has 3 aromatic rings. The van der Waals surface area contributed by atoms with Gasteiger partial charge in [-0.2, -0.15) is 0 Å². The standard InChI is InChI=1S/C17H21N3O/c1-3-8-18-10-14-11-20(12-15-9-13(2)19-21-15)17-7-5-4-6-16(14)17/h4-7,9,11,18H,3,8,10,12H2,1-2H3. The quantitative estimate of drug-likeness (QED) is 0.704. The van der Waals surface area contributed by atoms with Crippen molar-refractivity contribution in [2.75, 3.05) is 6.54 Å². The van der Waals surface area contributed by atoms with Gasteiger partial charge in [-0.25, -0.2) is 0 Å². The molecule has 3 rings (SSSR count). The second-order valence-electron chi connectivity index (χ2n) is 5.41. The van der Waals surface area contributed by atoms with Gasteiger partial charge in [-0.1, -0.05) is 30.3 Å². The van der Waals surface area contributed by atoms with Gasteiger partial charge in [-0.3, -0.25) is 0 Å². The first-order chi connectivity index (χ1) is 10.3. The maximum absolute atomic E-state index is 5.34. The lowest BCUT2D eigenvalue weighted by molar-refractivity contribution is 0.374. The van der Waals surface area contributed by atoms with Gasteiger partial charge in [0, 0.05) is 29.7 Å². The van der Waals surface area contributed by atoms with Gasteiger partial charge in [0.1, 0.15) is 0 Å². The number of fused-ring (bicyclic) bond motifs is 1. The summed E-state index contributed by atoms with van der Waals surface area (Å²) in [4.78, 5) is 0. The van der Waals surface area contributed by atoms with Crippen LogP contribution >= 0.6 is 0 Å². The molecule has 4 nitrogen and oxygen atoms in total. The van der Waals surface area contributed by atoms with Crippen molar-refractivity contribution in [1.29, 1.82) is 0 Å². The lowest BCUT2D eigenvalue weighted by Gasteiger charge is -2.01. The highest BCUT2D eigenvalue weighted by atomic mass is 16.5. The van der Waals surface area contributed by atoms with Crippen LogP contribution in [-0.4, -0.2) is 16.3 Å². The first-order valence-corrected chi connectivity index (χ1v) is 7.47. The Kier molecular flexibility index (Phi) is 4.06. The van der Waals surface area contributed by atoms with Crippen LogP contribution in [0, 0.1) is 6.92 Å². The summed E-state index contributed by atoms with van der Waals surface area (Å²) in [5.41, 5.74) is 3.49. The number of nitrogens with one attached hydrogen (secondary N) is 1. The Morgan fingerprint density at radius 3 is 2.90 bits per heavy atom. The van der Waals surface area contributed by atoms with E-state index in [0.29, 0.717) is 0 Å². The van der Waals surface area contributed by atoms with Crippen molar-refractivity contribution in [3.63, 3.8) is 0 Å². The van der Waals surface area contributed by atoms with Crippen molar-refractivity contribution < 1.29 is 4.52 Å². The average Bonchev–Trinajstić information content (AvgIpc) is 3.05. The van der Waals surface area contributed by atoms with E-state index in [1.165, 1.54) is 16.5 Å². The molecule has 4 heteroatoms. The molecule has 0 aliphatic rings. The van der Waals surface area contributed by atoms with E-state index in [9.17, 15) is 0 Å². The van der Waals surface area contributed by atoms with Crippen LogP contribution in [0.4, 0.5) is 0 Å². The van der Waals surface area contributed by atoms with E-state index < -0.39 is 0 Å². The third kappa shape index (κ3) is 3.00.